The Bertz CT molecular complexity index is 1010. The van der Waals surface area contributed by atoms with Crippen molar-refractivity contribution >= 4 is 28.3 Å². The fourth-order valence-electron chi connectivity index (χ4n) is 2.93. The third-order valence-electron chi connectivity index (χ3n) is 4.14. The van der Waals surface area contributed by atoms with Gasteiger partial charge in [-0.1, -0.05) is 30.3 Å². The van der Waals surface area contributed by atoms with Gasteiger partial charge in [-0.15, -0.1) is 0 Å². The number of aryl methyl sites for hydroxylation is 1. The van der Waals surface area contributed by atoms with Crippen molar-refractivity contribution in [2.45, 2.75) is 19.4 Å². The number of nitrogens with zero attached hydrogens (tertiary/aromatic N) is 2. The molecule has 7 heteroatoms. The minimum absolute atomic E-state index is 0.0423. The van der Waals surface area contributed by atoms with Gasteiger partial charge in [-0.2, -0.15) is 0 Å². The minimum Gasteiger partial charge on any atom is -0.481 e. The molecule has 132 valence electrons. The lowest BCUT2D eigenvalue weighted by Gasteiger charge is -2.03. The van der Waals surface area contributed by atoms with Gasteiger partial charge in [0.1, 0.15) is 0 Å². The minimum atomic E-state index is -0.866. The van der Waals surface area contributed by atoms with E-state index < -0.39 is 10.9 Å². The molecule has 3 rings (SSSR count). The number of carbonyl (C=O) groups is 2. The first kappa shape index (κ1) is 17.3. The number of hydrogen-bond donors (Lipinski definition) is 1. The van der Waals surface area contributed by atoms with E-state index in [9.17, 15) is 19.7 Å². The van der Waals surface area contributed by atoms with Crippen LogP contribution in [-0.4, -0.2) is 26.3 Å². The molecule has 0 amide bonds. The lowest BCUT2D eigenvalue weighted by Crippen LogP contribution is -2.03. The first-order valence-corrected chi connectivity index (χ1v) is 8.06. The number of carboxylic acid groups (broad SMARTS) is 1. The van der Waals surface area contributed by atoms with Gasteiger partial charge in [-0.25, -0.2) is 0 Å². The predicted octanol–water partition coefficient (Wildman–Crippen LogP) is 3.65. The zero-order valence-corrected chi connectivity index (χ0v) is 13.8. The second-order valence-electron chi connectivity index (χ2n) is 5.89. The molecule has 0 fully saturated rings. The van der Waals surface area contributed by atoms with Gasteiger partial charge in [0.2, 0.25) is 0 Å². The fourth-order valence-corrected chi connectivity index (χ4v) is 2.93. The van der Waals surface area contributed by atoms with Gasteiger partial charge in [0.05, 0.1) is 4.92 Å². The van der Waals surface area contributed by atoms with Gasteiger partial charge in [0.15, 0.2) is 5.78 Å². The van der Waals surface area contributed by atoms with Crippen molar-refractivity contribution in [2.24, 2.45) is 0 Å². The van der Waals surface area contributed by atoms with Gasteiger partial charge in [-0.3, -0.25) is 19.7 Å². The summed E-state index contributed by atoms with van der Waals surface area (Å²) in [6.07, 6.45) is 2.17. The van der Waals surface area contributed by atoms with E-state index in [1.807, 2.05) is 28.8 Å². The van der Waals surface area contributed by atoms with Crippen molar-refractivity contribution in [2.75, 3.05) is 0 Å². The third-order valence-corrected chi connectivity index (χ3v) is 4.14. The number of hydrogen-bond acceptors (Lipinski definition) is 4. The number of aromatic nitrogens is 1. The molecule has 0 radical (unpaired) electrons. The first-order valence-electron chi connectivity index (χ1n) is 8.06. The highest BCUT2D eigenvalue weighted by Crippen LogP contribution is 2.25. The molecule has 7 nitrogen and oxygen atoms in total. The number of rotatable bonds is 7. The molecular weight excluding hydrogens is 336 g/mol. The van der Waals surface area contributed by atoms with Crippen molar-refractivity contribution in [1.29, 1.82) is 0 Å². The topological polar surface area (TPSA) is 102 Å². The fraction of sp³-hybridized carbons (Fsp3) is 0.158. The van der Waals surface area contributed by atoms with E-state index in [4.69, 9.17) is 5.11 Å². The van der Waals surface area contributed by atoms with Crippen LogP contribution < -0.4 is 0 Å². The average molecular weight is 352 g/mol. The molecule has 0 bridgehead atoms. The molecule has 1 heterocycles. The van der Waals surface area contributed by atoms with Gasteiger partial charge >= 0.3 is 5.97 Å². The molecular formula is C19H16N2O5. The van der Waals surface area contributed by atoms with Gasteiger partial charge in [0, 0.05) is 53.3 Å². The van der Waals surface area contributed by atoms with Gasteiger partial charge in [0.25, 0.3) is 5.69 Å². The van der Waals surface area contributed by atoms with Crippen LogP contribution in [0.5, 0.6) is 0 Å². The van der Waals surface area contributed by atoms with Crippen molar-refractivity contribution in [3.05, 3.63) is 76.0 Å². The molecule has 0 aliphatic heterocycles. The number of nitro groups is 1. The van der Waals surface area contributed by atoms with Crippen molar-refractivity contribution in [3.63, 3.8) is 0 Å². The highest BCUT2D eigenvalue weighted by molar-refractivity contribution is 6.16. The molecule has 0 atom stereocenters. The van der Waals surface area contributed by atoms with E-state index in [1.54, 1.807) is 12.3 Å². The van der Waals surface area contributed by atoms with Gasteiger partial charge < -0.3 is 9.67 Å². The van der Waals surface area contributed by atoms with Crippen molar-refractivity contribution < 1.29 is 19.6 Å². The number of nitro benzene ring substituents is 1. The Morgan fingerprint density at radius 3 is 2.62 bits per heavy atom. The first-order chi connectivity index (χ1) is 12.5. The molecule has 0 unspecified atom stereocenters. The normalized spacial score (nSPS) is 10.8. The maximum atomic E-state index is 12.9. The quantitative estimate of drug-likeness (QED) is 0.397. The maximum Gasteiger partial charge on any atom is 0.303 e. The lowest BCUT2D eigenvalue weighted by atomic mass is 10.0. The maximum absolute atomic E-state index is 12.9. The summed E-state index contributed by atoms with van der Waals surface area (Å²) in [5, 5.41) is 20.5. The number of para-hydroxylation sites is 1. The van der Waals surface area contributed by atoms with E-state index in [-0.39, 0.29) is 23.5 Å². The van der Waals surface area contributed by atoms with Crippen LogP contribution >= 0.6 is 0 Å². The van der Waals surface area contributed by atoms with Gasteiger partial charge in [-0.05, 0) is 12.5 Å². The summed E-state index contributed by atoms with van der Waals surface area (Å²) in [7, 11) is 0. The number of aliphatic carboxylic acids is 1. The van der Waals surface area contributed by atoms with Crippen LogP contribution in [-0.2, 0) is 11.3 Å². The zero-order chi connectivity index (χ0) is 18.7. The number of non-ortho nitro benzene ring substituents is 1. The second kappa shape index (κ2) is 7.18. The Morgan fingerprint density at radius 1 is 1.12 bits per heavy atom. The Morgan fingerprint density at radius 2 is 1.88 bits per heavy atom. The molecule has 0 spiro atoms. The molecule has 3 aromatic rings. The molecule has 1 N–H and O–H groups in total. The summed E-state index contributed by atoms with van der Waals surface area (Å²) >= 11 is 0. The number of carbonyl (C=O) groups excluding carboxylic acids is 1. The summed E-state index contributed by atoms with van der Waals surface area (Å²) < 4.78 is 1.85. The van der Waals surface area contributed by atoms with E-state index in [0.717, 1.165) is 10.9 Å². The van der Waals surface area contributed by atoms with E-state index in [0.29, 0.717) is 18.5 Å². The molecule has 26 heavy (non-hydrogen) atoms. The summed E-state index contributed by atoms with van der Waals surface area (Å²) in [6, 6.07) is 13.0. The number of fused-ring (bicyclic) bond motifs is 1. The Kier molecular flexibility index (Phi) is 4.79. The van der Waals surface area contributed by atoms with E-state index >= 15 is 0 Å². The molecule has 2 aromatic carbocycles. The molecule has 1 aromatic heterocycles. The van der Waals surface area contributed by atoms with Crippen LogP contribution in [0.15, 0.2) is 54.7 Å². The summed E-state index contributed by atoms with van der Waals surface area (Å²) in [6.45, 7) is 0.467. The standard InChI is InChI=1S/C19H16N2O5/c22-18(23)9-4-10-20-12-16(15-7-1-2-8-17(15)20)19(24)13-5-3-6-14(11-13)21(25)26/h1-3,5-8,11-12H,4,9-10H2,(H,22,23). The molecule has 0 saturated heterocycles. The number of ketones is 1. The predicted molar refractivity (Wildman–Crippen MR) is 95.3 cm³/mol. The highest BCUT2D eigenvalue weighted by atomic mass is 16.6. The number of benzene rings is 2. The molecule has 0 aliphatic rings. The van der Waals surface area contributed by atoms with E-state index in [1.165, 1.54) is 18.2 Å². The van der Waals surface area contributed by atoms with Crippen LogP contribution in [0.3, 0.4) is 0 Å². The van der Waals surface area contributed by atoms with Crippen LogP contribution in [0.25, 0.3) is 10.9 Å². The lowest BCUT2D eigenvalue weighted by molar-refractivity contribution is -0.384. The van der Waals surface area contributed by atoms with Crippen LogP contribution in [0.1, 0.15) is 28.8 Å². The van der Waals surface area contributed by atoms with Crippen molar-refractivity contribution in [3.8, 4) is 0 Å². The number of carboxylic acids is 1. The highest BCUT2D eigenvalue weighted by Gasteiger charge is 2.18. The van der Waals surface area contributed by atoms with Crippen LogP contribution in [0.2, 0.25) is 0 Å². The monoisotopic (exact) mass is 352 g/mol. The third kappa shape index (κ3) is 3.46. The Labute approximate surface area is 148 Å². The SMILES string of the molecule is O=C(O)CCCn1cc(C(=O)c2cccc([N+](=O)[O-])c2)c2ccccc21. The Balaban J connectivity index is 1.99. The van der Waals surface area contributed by atoms with Crippen LogP contribution in [0.4, 0.5) is 5.69 Å². The largest absolute Gasteiger partial charge is 0.481 e. The molecule has 0 saturated carbocycles. The Hall–Kier alpha value is -3.48. The summed E-state index contributed by atoms with van der Waals surface area (Å²) in [5.41, 5.74) is 1.37. The molecule has 0 aliphatic carbocycles. The zero-order valence-electron chi connectivity index (χ0n) is 13.8. The second-order valence-corrected chi connectivity index (χ2v) is 5.89. The summed E-state index contributed by atoms with van der Waals surface area (Å²) in [4.78, 5) is 34.0. The van der Waals surface area contributed by atoms with E-state index in [2.05, 4.69) is 0 Å². The average Bonchev–Trinajstić information content (AvgIpc) is 3.00. The van der Waals surface area contributed by atoms with Crippen molar-refractivity contribution in [1.82, 2.24) is 4.57 Å². The van der Waals surface area contributed by atoms with Crippen LogP contribution in [0, 0.1) is 10.1 Å². The smallest absolute Gasteiger partial charge is 0.303 e. The summed E-state index contributed by atoms with van der Waals surface area (Å²) in [5.74, 6) is -1.17.